The van der Waals surface area contributed by atoms with Crippen molar-refractivity contribution in [3.8, 4) is 17.2 Å². The van der Waals surface area contributed by atoms with Gasteiger partial charge in [-0.15, -0.1) is 0 Å². The summed E-state index contributed by atoms with van der Waals surface area (Å²) in [6.45, 7) is 1.24. The van der Waals surface area contributed by atoms with Gasteiger partial charge in [0.25, 0.3) is 0 Å². The summed E-state index contributed by atoms with van der Waals surface area (Å²) in [5.74, 6) is 0.603. The molecule has 2 rings (SSSR count). The van der Waals surface area contributed by atoms with E-state index in [9.17, 15) is 9.59 Å². The molecule has 2 aromatic rings. The standard InChI is InChI=1S/C19H22N2O5/c1-13(22)21(12-18(23)20-14-8-6-5-7-9-14)15-10-16(24-2)19(26-4)17(11-15)25-3/h5-11H,12H2,1-4H3,(H,20,23). The second-order valence-corrected chi connectivity index (χ2v) is 5.40. The lowest BCUT2D eigenvalue weighted by molar-refractivity contribution is -0.120. The number of benzene rings is 2. The van der Waals surface area contributed by atoms with Crippen molar-refractivity contribution in [3.05, 3.63) is 42.5 Å². The molecule has 7 heteroatoms. The molecule has 0 saturated heterocycles. The van der Waals surface area contributed by atoms with Crippen LogP contribution in [0.4, 0.5) is 11.4 Å². The number of rotatable bonds is 7. The molecule has 0 saturated carbocycles. The van der Waals surface area contributed by atoms with E-state index in [1.807, 2.05) is 18.2 Å². The summed E-state index contributed by atoms with van der Waals surface area (Å²) in [7, 11) is 4.47. The number of hydrogen-bond donors (Lipinski definition) is 1. The van der Waals surface area contributed by atoms with Crippen molar-refractivity contribution in [2.24, 2.45) is 0 Å². The fourth-order valence-electron chi connectivity index (χ4n) is 2.47. The zero-order valence-corrected chi connectivity index (χ0v) is 15.2. The average molecular weight is 358 g/mol. The fourth-order valence-corrected chi connectivity index (χ4v) is 2.47. The molecule has 0 aliphatic carbocycles. The molecule has 0 aromatic heterocycles. The lowest BCUT2D eigenvalue weighted by Gasteiger charge is -2.23. The maximum atomic E-state index is 12.3. The predicted molar refractivity (Wildman–Crippen MR) is 99.2 cm³/mol. The van der Waals surface area contributed by atoms with Gasteiger partial charge in [-0.25, -0.2) is 0 Å². The molecule has 2 aromatic carbocycles. The van der Waals surface area contributed by atoms with Crippen LogP contribution >= 0.6 is 0 Å². The summed E-state index contributed by atoms with van der Waals surface area (Å²) in [4.78, 5) is 25.8. The number of anilines is 2. The molecule has 0 bridgehead atoms. The molecule has 0 atom stereocenters. The van der Waals surface area contributed by atoms with Gasteiger partial charge in [-0.3, -0.25) is 9.59 Å². The highest BCUT2D eigenvalue weighted by Gasteiger charge is 2.21. The summed E-state index contributed by atoms with van der Waals surface area (Å²) >= 11 is 0. The van der Waals surface area contributed by atoms with E-state index in [4.69, 9.17) is 14.2 Å². The van der Waals surface area contributed by atoms with Gasteiger partial charge in [0.1, 0.15) is 6.54 Å². The van der Waals surface area contributed by atoms with Gasteiger partial charge < -0.3 is 24.4 Å². The molecule has 138 valence electrons. The summed E-state index contributed by atoms with van der Waals surface area (Å²) in [6.07, 6.45) is 0. The number of carbonyl (C=O) groups is 2. The number of para-hydroxylation sites is 1. The molecular weight excluding hydrogens is 336 g/mol. The van der Waals surface area contributed by atoms with Gasteiger partial charge in [-0.05, 0) is 12.1 Å². The quantitative estimate of drug-likeness (QED) is 0.823. The second-order valence-electron chi connectivity index (χ2n) is 5.40. The maximum Gasteiger partial charge on any atom is 0.244 e. The topological polar surface area (TPSA) is 77.1 Å². The Kier molecular flexibility index (Phi) is 6.43. The van der Waals surface area contributed by atoms with E-state index >= 15 is 0 Å². The SMILES string of the molecule is COc1cc(N(CC(=O)Nc2ccccc2)C(C)=O)cc(OC)c1OC. The van der Waals surface area contributed by atoms with E-state index in [-0.39, 0.29) is 18.4 Å². The third-order valence-corrected chi connectivity index (χ3v) is 3.70. The van der Waals surface area contributed by atoms with Crippen molar-refractivity contribution in [3.63, 3.8) is 0 Å². The van der Waals surface area contributed by atoms with Gasteiger partial charge in [0.2, 0.25) is 17.6 Å². The number of hydrogen-bond acceptors (Lipinski definition) is 5. The highest BCUT2D eigenvalue weighted by atomic mass is 16.5. The number of nitrogens with zero attached hydrogens (tertiary/aromatic N) is 1. The van der Waals surface area contributed by atoms with Gasteiger partial charge >= 0.3 is 0 Å². The number of carbonyl (C=O) groups excluding carboxylic acids is 2. The van der Waals surface area contributed by atoms with Crippen molar-refractivity contribution in [1.82, 2.24) is 0 Å². The zero-order valence-electron chi connectivity index (χ0n) is 15.2. The third kappa shape index (κ3) is 4.44. The maximum absolute atomic E-state index is 12.3. The molecular formula is C19H22N2O5. The molecule has 0 heterocycles. The van der Waals surface area contributed by atoms with Gasteiger partial charge in [-0.1, -0.05) is 18.2 Å². The molecule has 2 amide bonds. The normalized spacial score (nSPS) is 10.0. The van der Waals surface area contributed by atoms with Crippen LogP contribution in [0.1, 0.15) is 6.92 Å². The molecule has 0 aliphatic heterocycles. The minimum Gasteiger partial charge on any atom is -0.493 e. The lowest BCUT2D eigenvalue weighted by atomic mass is 10.2. The van der Waals surface area contributed by atoms with Gasteiger partial charge in [0.05, 0.1) is 27.0 Å². The Morgan fingerprint density at radius 2 is 1.54 bits per heavy atom. The predicted octanol–water partition coefficient (Wildman–Crippen LogP) is 2.70. The first kappa shape index (κ1) is 19.1. The molecule has 0 radical (unpaired) electrons. The minimum atomic E-state index is -0.319. The molecule has 0 aliphatic rings. The summed E-state index contributed by atoms with van der Waals surface area (Å²) in [6, 6.07) is 12.3. The van der Waals surface area contributed by atoms with Crippen molar-refractivity contribution >= 4 is 23.2 Å². The van der Waals surface area contributed by atoms with Crippen LogP contribution in [0.3, 0.4) is 0 Å². The highest BCUT2D eigenvalue weighted by molar-refractivity contribution is 6.02. The first-order valence-electron chi connectivity index (χ1n) is 7.93. The first-order chi connectivity index (χ1) is 12.5. The van der Waals surface area contributed by atoms with Gasteiger partial charge in [-0.2, -0.15) is 0 Å². The molecule has 1 N–H and O–H groups in total. The second kappa shape index (κ2) is 8.75. The average Bonchev–Trinajstić information content (AvgIpc) is 2.65. The van der Waals surface area contributed by atoms with Gasteiger partial charge in [0, 0.05) is 24.7 Å². The third-order valence-electron chi connectivity index (χ3n) is 3.70. The van der Waals surface area contributed by atoms with Crippen LogP contribution in [-0.4, -0.2) is 39.7 Å². The largest absolute Gasteiger partial charge is 0.493 e. The van der Waals surface area contributed by atoms with E-state index in [0.29, 0.717) is 28.6 Å². The van der Waals surface area contributed by atoms with Crippen LogP contribution in [-0.2, 0) is 9.59 Å². The van der Waals surface area contributed by atoms with Crippen LogP contribution in [0.15, 0.2) is 42.5 Å². The Morgan fingerprint density at radius 1 is 0.962 bits per heavy atom. The monoisotopic (exact) mass is 358 g/mol. The fraction of sp³-hybridized carbons (Fsp3) is 0.263. The molecule has 26 heavy (non-hydrogen) atoms. The molecule has 0 unspecified atom stereocenters. The van der Waals surface area contributed by atoms with E-state index < -0.39 is 0 Å². The number of amides is 2. The van der Waals surface area contributed by atoms with Crippen molar-refractivity contribution < 1.29 is 23.8 Å². The van der Waals surface area contributed by atoms with Crippen molar-refractivity contribution in [1.29, 1.82) is 0 Å². The van der Waals surface area contributed by atoms with Crippen LogP contribution in [0.5, 0.6) is 17.2 Å². The van der Waals surface area contributed by atoms with Crippen LogP contribution in [0, 0.1) is 0 Å². The smallest absolute Gasteiger partial charge is 0.244 e. The Bertz CT molecular complexity index is 752. The Hall–Kier alpha value is -3.22. The van der Waals surface area contributed by atoms with Crippen molar-refractivity contribution in [2.45, 2.75) is 6.92 Å². The molecule has 7 nitrogen and oxygen atoms in total. The minimum absolute atomic E-state index is 0.150. The van der Waals surface area contributed by atoms with E-state index in [2.05, 4.69) is 5.32 Å². The first-order valence-corrected chi connectivity index (χ1v) is 7.93. The Balaban J connectivity index is 2.29. The molecule has 0 spiro atoms. The lowest BCUT2D eigenvalue weighted by Crippen LogP contribution is -2.36. The van der Waals surface area contributed by atoms with Crippen LogP contribution < -0.4 is 24.4 Å². The summed E-state index contributed by atoms with van der Waals surface area (Å²) in [5.41, 5.74) is 1.13. The zero-order chi connectivity index (χ0) is 19.1. The Morgan fingerprint density at radius 3 is 2.00 bits per heavy atom. The van der Waals surface area contributed by atoms with Crippen molar-refractivity contribution in [2.75, 3.05) is 38.1 Å². The summed E-state index contributed by atoms with van der Waals surface area (Å²) < 4.78 is 15.9. The number of ether oxygens (including phenoxy) is 3. The Labute approximate surface area is 152 Å². The summed E-state index contributed by atoms with van der Waals surface area (Å²) in [5, 5.41) is 2.76. The van der Waals surface area contributed by atoms with E-state index in [1.165, 1.54) is 33.2 Å². The number of nitrogens with one attached hydrogen (secondary N) is 1. The van der Waals surface area contributed by atoms with Crippen LogP contribution in [0.2, 0.25) is 0 Å². The van der Waals surface area contributed by atoms with E-state index in [0.717, 1.165) is 0 Å². The van der Waals surface area contributed by atoms with Crippen LogP contribution in [0.25, 0.3) is 0 Å². The van der Waals surface area contributed by atoms with Gasteiger partial charge in [0.15, 0.2) is 11.5 Å². The molecule has 0 fully saturated rings. The number of methoxy groups -OCH3 is 3. The van der Waals surface area contributed by atoms with E-state index in [1.54, 1.807) is 24.3 Å². The highest BCUT2D eigenvalue weighted by Crippen LogP contribution is 2.41.